The van der Waals surface area contributed by atoms with Crippen molar-refractivity contribution in [2.45, 2.75) is 31.2 Å². The lowest BCUT2D eigenvalue weighted by Crippen LogP contribution is -2.32. The molecule has 154 valence electrons. The molecule has 0 spiro atoms. The third kappa shape index (κ3) is 6.40. The fourth-order valence-electron chi connectivity index (χ4n) is 2.43. The molecule has 0 heterocycles. The van der Waals surface area contributed by atoms with Crippen molar-refractivity contribution in [2.75, 3.05) is 26.8 Å². The first-order chi connectivity index (χ1) is 15.7. The van der Waals surface area contributed by atoms with E-state index in [0.29, 0.717) is 12.0 Å². The Bertz CT molecular complexity index is 1150. The summed E-state index contributed by atoms with van der Waals surface area (Å²) in [5, 5.41) is 8.19. The van der Waals surface area contributed by atoms with Gasteiger partial charge in [0.05, 0.1) is 21.9 Å². The van der Waals surface area contributed by atoms with Crippen LogP contribution in [0.3, 0.4) is 0 Å². The highest BCUT2D eigenvalue weighted by atomic mass is 32.2. The molecule has 3 N–H and O–H groups in total. The summed E-state index contributed by atoms with van der Waals surface area (Å²) in [6, 6.07) is 2.16. The Morgan fingerprint density at radius 2 is 1.89 bits per heavy atom. The first kappa shape index (κ1) is 14.7. The Morgan fingerprint density at radius 1 is 1.21 bits per heavy atom. The van der Waals surface area contributed by atoms with Crippen LogP contribution in [0.1, 0.15) is 27.6 Å². The van der Waals surface area contributed by atoms with Crippen molar-refractivity contribution < 1.29 is 30.9 Å². The van der Waals surface area contributed by atoms with Crippen molar-refractivity contribution in [3.8, 4) is 17.2 Å². The fourth-order valence-corrected chi connectivity index (χ4v) is 3.18. The van der Waals surface area contributed by atoms with Crippen LogP contribution in [0, 0.1) is 0 Å². The summed E-state index contributed by atoms with van der Waals surface area (Å²) in [4.78, 5) is -0.153. The molecule has 0 amide bonds. The maximum atomic E-state index is 11.8. The predicted molar refractivity (Wildman–Crippen MR) is 109 cm³/mol. The van der Waals surface area contributed by atoms with E-state index in [1.807, 2.05) is 0 Å². The molecule has 28 heavy (non-hydrogen) atoms. The zero-order valence-corrected chi connectivity index (χ0v) is 16.8. The molecule has 2 rings (SSSR count). The number of para-hydroxylation sites is 2. The molecular formula is C20H28N2O5S. The van der Waals surface area contributed by atoms with E-state index in [-0.39, 0.29) is 35.6 Å². The van der Waals surface area contributed by atoms with Gasteiger partial charge in [0.1, 0.15) is 17.2 Å². The lowest BCUT2D eigenvalue weighted by atomic mass is 10.1. The second kappa shape index (κ2) is 10.3. The first-order valence-electron chi connectivity index (χ1n) is 11.6. The van der Waals surface area contributed by atoms with Crippen molar-refractivity contribution in [3.05, 3.63) is 47.9 Å². The number of nitrogens with two attached hydrogens (primary N) is 1. The fraction of sp³-hybridized carbons (Fsp3) is 0.400. The minimum atomic E-state index is -4.00. The standard InChI is InChI=1S/C20H28N2O5S/c1-4-26-17-7-5-6-8-18(17)27-12-11-22-15(2)13-16-9-10-19(25-3)20(14-16)28(21,23)24/h5-10,14-15,22H,4,11-13H2,1-3H3,(H2,21,23,24)/t15-/m1/s1/i5D,6D,7D,8D,12D2. The van der Waals surface area contributed by atoms with Gasteiger partial charge < -0.3 is 19.5 Å². The molecule has 0 bridgehead atoms. The van der Waals surface area contributed by atoms with E-state index in [2.05, 4.69) is 5.32 Å². The zero-order valence-electron chi connectivity index (χ0n) is 22.0. The molecule has 0 radical (unpaired) electrons. The van der Waals surface area contributed by atoms with Gasteiger partial charge in [-0.15, -0.1) is 0 Å². The molecule has 0 fully saturated rings. The van der Waals surface area contributed by atoms with Crippen LogP contribution in [0.2, 0.25) is 0 Å². The number of hydrogen-bond acceptors (Lipinski definition) is 6. The van der Waals surface area contributed by atoms with E-state index >= 15 is 0 Å². The average Bonchev–Trinajstić information content (AvgIpc) is 2.76. The average molecular weight is 415 g/mol. The minimum Gasteiger partial charge on any atom is -0.495 e. The summed E-state index contributed by atoms with van der Waals surface area (Å²) in [7, 11) is -2.66. The summed E-state index contributed by atoms with van der Waals surface area (Å²) in [6.45, 7) is 0.796. The van der Waals surface area contributed by atoms with Crippen LogP contribution in [0.4, 0.5) is 0 Å². The van der Waals surface area contributed by atoms with E-state index in [1.165, 1.54) is 19.2 Å². The lowest BCUT2D eigenvalue weighted by Gasteiger charge is -2.16. The van der Waals surface area contributed by atoms with Gasteiger partial charge in [-0.2, -0.15) is 0 Å². The monoisotopic (exact) mass is 414 g/mol. The first-order valence-corrected chi connectivity index (χ1v) is 10.1. The van der Waals surface area contributed by atoms with Crippen LogP contribution in [0.5, 0.6) is 17.2 Å². The minimum absolute atomic E-state index is 0.0963. The second-order valence-electron chi connectivity index (χ2n) is 5.85. The van der Waals surface area contributed by atoms with Crippen molar-refractivity contribution in [1.29, 1.82) is 0 Å². The molecular weight excluding hydrogens is 380 g/mol. The van der Waals surface area contributed by atoms with Gasteiger partial charge in [-0.05, 0) is 50.0 Å². The molecule has 0 aliphatic heterocycles. The third-order valence-corrected chi connectivity index (χ3v) is 4.61. The van der Waals surface area contributed by atoms with Gasteiger partial charge in [0.15, 0.2) is 11.5 Å². The number of nitrogens with one attached hydrogen (secondary N) is 1. The molecule has 1 atom stereocenters. The highest BCUT2D eigenvalue weighted by Gasteiger charge is 2.16. The maximum Gasteiger partial charge on any atom is 0.241 e. The summed E-state index contributed by atoms with van der Waals surface area (Å²) < 4.78 is 87.3. The maximum absolute atomic E-state index is 11.8. The van der Waals surface area contributed by atoms with Gasteiger partial charge >= 0.3 is 0 Å². The van der Waals surface area contributed by atoms with Crippen LogP contribution in [-0.2, 0) is 16.4 Å². The quantitative estimate of drug-likeness (QED) is 0.585. The smallest absolute Gasteiger partial charge is 0.241 e. The predicted octanol–water partition coefficient (Wildman–Crippen LogP) is 2.34. The Labute approximate surface area is 175 Å². The van der Waals surface area contributed by atoms with Crippen LogP contribution in [0.15, 0.2) is 47.3 Å². The van der Waals surface area contributed by atoms with E-state index in [4.69, 9.17) is 27.6 Å². The summed E-state index contributed by atoms with van der Waals surface area (Å²) in [6.07, 6.45) is 0.331. The molecule has 0 saturated carbocycles. The SMILES string of the molecule is [2H]c1c([2H])c([2H])c(OC([2H])([2H])CN[C@H](C)Cc2ccc(OC)c(S(N)(=O)=O)c2)c(OCC)c1[2H]. The van der Waals surface area contributed by atoms with Crippen molar-refractivity contribution in [2.24, 2.45) is 5.14 Å². The number of ether oxygens (including phenoxy) is 3. The highest BCUT2D eigenvalue weighted by Crippen LogP contribution is 2.26. The van der Waals surface area contributed by atoms with E-state index in [1.54, 1.807) is 19.9 Å². The molecule has 0 aromatic heterocycles. The van der Waals surface area contributed by atoms with Crippen molar-refractivity contribution >= 4 is 10.0 Å². The Balaban J connectivity index is 2.16. The summed E-state index contributed by atoms with van der Waals surface area (Å²) in [5.41, 5.74) is 0.627. The van der Waals surface area contributed by atoms with Crippen LogP contribution in [0.25, 0.3) is 0 Å². The highest BCUT2D eigenvalue weighted by molar-refractivity contribution is 7.89. The number of sulfonamides is 1. The zero-order chi connectivity index (χ0) is 25.8. The topological polar surface area (TPSA) is 99.9 Å². The molecule has 2 aromatic carbocycles. The van der Waals surface area contributed by atoms with Gasteiger partial charge in [0.25, 0.3) is 0 Å². The van der Waals surface area contributed by atoms with Gasteiger partial charge in [0.2, 0.25) is 10.0 Å². The number of methoxy groups -OCH3 is 1. The molecule has 8 heteroatoms. The third-order valence-electron chi connectivity index (χ3n) is 3.68. The van der Waals surface area contributed by atoms with E-state index in [9.17, 15) is 8.42 Å². The molecule has 2 aromatic rings. The second-order valence-corrected chi connectivity index (χ2v) is 7.38. The van der Waals surface area contributed by atoms with Crippen LogP contribution in [-0.4, -0.2) is 41.3 Å². The molecule has 7 nitrogen and oxygen atoms in total. The Kier molecular flexibility index (Phi) is 5.40. The van der Waals surface area contributed by atoms with Crippen molar-refractivity contribution in [3.63, 3.8) is 0 Å². The number of hydrogen-bond donors (Lipinski definition) is 2. The molecule has 0 aliphatic carbocycles. The van der Waals surface area contributed by atoms with E-state index < -0.39 is 46.5 Å². The Morgan fingerprint density at radius 3 is 2.50 bits per heavy atom. The molecule has 0 unspecified atom stereocenters. The summed E-state index contributed by atoms with van der Waals surface area (Å²) >= 11 is 0. The van der Waals surface area contributed by atoms with Crippen LogP contribution < -0.4 is 24.7 Å². The van der Waals surface area contributed by atoms with E-state index in [0.717, 1.165) is 0 Å². The Hall–Kier alpha value is -2.29. The lowest BCUT2D eigenvalue weighted by molar-refractivity contribution is 0.272. The molecule has 0 saturated heterocycles. The summed E-state index contributed by atoms with van der Waals surface area (Å²) in [5.74, 6) is -0.562. The normalized spacial score (nSPS) is 16.0. The number of rotatable bonds is 11. The van der Waals surface area contributed by atoms with Crippen LogP contribution >= 0.6 is 0 Å². The van der Waals surface area contributed by atoms with Gasteiger partial charge in [0, 0.05) is 12.6 Å². The van der Waals surface area contributed by atoms with Gasteiger partial charge in [-0.3, -0.25) is 0 Å². The number of primary sulfonamides is 1. The van der Waals surface area contributed by atoms with Crippen molar-refractivity contribution in [1.82, 2.24) is 5.32 Å². The van der Waals surface area contributed by atoms with Gasteiger partial charge in [-0.1, -0.05) is 18.2 Å². The molecule has 0 aliphatic rings. The largest absolute Gasteiger partial charge is 0.495 e. The number of benzene rings is 2. The van der Waals surface area contributed by atoms with Gasteiger partial charge in [-0.25, -0.2) is 13.6 Å².